The second kappa shape index (κ2) is 16.4. The number of nitrogens with zero attached hydrogens (tertiary/aromatic N) is 8. The van der Waals surface area contributed by atoms with E-state index in [1.54, 1.807) is 42.7 Å². The Morgan fingerprint density at radius 2 is 1.21 bits per heavy atom. The van der Waals surface area contributed by atoms with Gasteiger partial charge in [-0.15, -0.1) is 0 Å². The van der Waals surface area contributed by atoms with Crippen LogP contribution in [0.1, 0.15) is 384 Å². The molecule has 13 rings (SSSR count). The van der Waals surface area contributed by atoms with Gasteiger partial charge in [-0.05, 0) is 112 Å². The monoisotopic (exact) mass is 1500 g/mol. The number of fused-ring (bicyclic) bond motifs is 8. The first-order valence-corrected chi connectivity index (χ1v) is 24.8. The number of halogens is 2. The number of Topliss-reactive ketones (excluding diaryl/α,β-unsaturated/α-hetero) is 2. The number of ether oxygens (including phenoxy) is 1. The maximum absolute atomic E-state index is 15.1. The van der Waals surface area contributed by atoms with E-state index in [-0.39, 0.29) is 54.0 Å². The maximum atomic E-state index is 15.1. The molecule has 0 N–H and O–H groups in total. The molecule has 11 nitrogen and oxygen atoms in total. The summed E-state index contributed by atoms with van der Waals surface area (Å²) in [7, 11) is 0. The van der Waals surface area contributed by atoms with Gasteiger partial charge >= 0.3 is 5.72 Å². The second-order valence-corrected chi connectivity index (χ2v) is 21.0. The van der Waals surface area contributed by atoms with Crippen LogP contribution in [-0.2, 0) is 38.0 Å². The standard InChI is InChI=1S/C29H25FN4O2.C29H25FN4O.92H2/c1-15-20-11-10-19-23(18-6-4-5-7-21(18)30)33-26(17-12-13-32-22(14-17)16-8-9-16)34-24(19)28(20,2)27-29(31-3,36-27)25(15)35;1-16-21-11-10-20-25(19-6-4-5-7-22(19)30)33-28(18-12-13-32-23(14-18)17-8-9-17)34-27(20)29(21,2)15-24(31-3)26(16)35;;;;;;;;;;;;;;;;;;;;;;;;;;;;;;;;;;;;;;;;;;;;;;;;;;;;;;;;;;;;;;;;;;;;;;;;;;;;;;;;;;;;;;;;;;;;/h4-7,12-16,20,27H,8-11H2,1-2H3;4-7,12-17,21H,8-11H2,1-2H3;92*1H/t15-,20-,27+,28-,29-;16-,21-,29-;;;;;;;;;;;;;;;;;;;;;;;;;;;;;;;;;;;;;;;;;;;;;;;;;;;;;;;;;;;;;;;;;;;;;;;;;;;;;;;;;;;;;;;;;;;;/m11............................................................................................/s1/i;;91*1+2T;1+2. The first-order chi connectivity index (χ1) is 125. The minimum atomic E-state index is -1.43. The molecule has 7 aliphatic rings. The van der Waals surface area contributed by atoms with Gasteiger partial charge in [0.15, 0.2) is 23.5 Å². The number of aromatic nitrogens is 6. The zero-order valence-electron chi connectivity index (χ0n) is 222. The highest BCUT2D eigenvalue weighted by atomic mass is 19.1. The summed E-state index contributed by atoms with van der Waals surface area (Å²) in [5.41, 5.74) is 6.61. The lowest BCUT2D eigenvalue weighted by Crippen LogP contribution is -2.55. The van der Waals surface area contributed by atoms with Gasteiger partial charge in [-0.2, -0.15) is 0 Å². The number of allylic oxidation sites excluding steroid dienone is 2. The lowest BCUT2D eigenvalue weighted by atomic mass is 9.55. The average molecular weight is 1500 g/mol. The van der Waals surface area contributed by atoms with Gasteiger partial charge in [-0.1, -0.05) is 58.0 Å². The molecule has 0 radical (unpaired) electrons. The minimum absolute atomic E-state index is 0. The average Bonchev–Trinajstić information content (AvgIpc) is 1.49. The Labute approximate surface area is 693 Å². The van der Waals surface area contributed by atoms with Crippen LogP contribution in [0.2, 0.25) is 0 Å². The fraction of sp³-hybridized carbons (Fsp3) is 0.379. The predicted molar refractivity (Wildman–Crippen MR) is 455 cm³/mol. The van der Waals surface area contributed by atoms with Crippen molar-refractivity contribution in [2.24, 2.45) is 23.7 Å². The van der Waals surface area contributed by atoms with Crippen LogP contribution in [0.3, 0.4) is 0 Å². The number of carbonyl (C=O) groups excluding carboxylic acids is 2. The van der Waals surface area contributed by atoms with E-state index in [4.69, 9.17) is 308 Å². The molecule has 4 aromatic heterocycles. The van der Waals surface area contributed by atoms with Crippen molar-refractivity contribution in [2.45, 2.75) is 114 Å². The number of epoxide rings is 1. The quantitative estimate of drug-likeness (QED) is 0.118. The zero-order valence-corrected chi connectivity index (χ0v) is 39.9. The molecular weight excluding hydrogens is 895 g/mol. The molecule has 6 aromatic rings. The van der Waals surface area contributed by atoms with Gasteiger partial charge in [-0.25, -0.2) is 40.1 Å². The molecule has 538 valence electrons. The summed E-state index contributed by atoms with van der Waals surface area (Å²) in [5.74, 6) is 0.493. The van der Waals surface area contributed by atoms with Gasteiger partial charge in [0.05, 0.1) is 34.8 Å². The number of hydrogen-bond acceptors (Lipinski definition) is 9. The molecule has 13 heteroatoms. The van der Waals surface area contributed by atoms with E-state index in [2.05, 4.69) is 33.5 Å². The molecule has 4 fully saturated rings. The van der Waals surface area contributed by atoms with Crippen molar-refractivity contribution in [2.75, 3.05) is 0 Å². The normalized spacial score (nSPS) is 39.0. The van der Waals surface area contributed by atoms with Crippen LogP contribution in [0, 0.1) is 48.5 Å². The van der Waals surface area contributed by atoms with Crippen molar-refractivity contribution in [3.8, 4) is 45.3 Å². The summed E-state index contributed by atoms with van der Waals surface area (Å²) < 4.78 is 946. The van der Waals surface area contributed by atoms with Gasteiger partial charge < -0.3 is 4.79 Å². The number of ketones is 2. The Bertz CT molecular complexity index is 3610. The van der Waals surface area contributed by atoms with Crippen LogP contribution >= 0.6 is 0 Å². The molecule has 5 heterocycles. The molecule has 71 heavy (non-hydrogen) atoms. The smallest absolute Gasteiger partial charge is 0.308 e. The highest BCUT2D eigenvalue weighted by Gasteiger charge is 2.83. The summed E-state index contributed by atoms with van der Waals surface area (Å²) >= 11 is 0. The van der Waals surface area contributed by atoms with Crippen LogP contribution in [-0.4, -0.2) is 53.3 Å². The van der Waals surface area contributed by atoms with Crippen molar-refractivity contribution in [1.82, 2.24) is 29.9 Å². The Hall–Kier alpha value is -7.22. The molecule has 0 spiro atoms. The van der Waals surface area contributed by atoms with E-state index in [9.17, 15) is 9.59 Å². The lowest BCUT2D eigenvalue weighted by Gasteiger charge is -2.46. The molecule has 0 bridgehead atoms. The van der Waals surface area contributed by atoms with Gasteiger partial charge in [0, 0.05) is 358 Å². The largest absolute Gasteiger partial charge is 0.424 e. The third kappa shape index (κ3) is 7.02. The highest BCUT2D eigenvalue weighted by molar-refractivity contribution is 6.00. The van der Waals surface area contributed by atoms with E-state index in [1.165, 1.54) is 12.1 Å². The third-order valence-electron chi connectivity index (χ3n) is 16.8. The Kier molecular flexibility index (Phi) is 2.12. The van der Waals surface area contributed by atoms with E-state index < -0.39 is 22.7 Å². The van der Waals surface area contributed by atoms with E-state index in [0.717, 1.165) is 83.6 Å². The number of carbonyl (C=O) groups is 2. The van der Waals surface area contributed by atoms with Gasteiger partial charge in [0.1, 0.15) is 11.6 Å². The summed E-state index contributed by atoms with van der Waals surface area (Å²) in [6.45, 7) is 23.3. The predicted octanol–water partition coefficient (Wildman–Crippen LogP) is 34.0. The van der Waals surface area contributed by atoms with E-state index in [0.29, 0.717) is 58.8 Å². The summed E-state index contributed by atoms with van der Waals surface area (Å²) in [5, 5.41) is 0. The van der Waals surface area contributed by atoms with Gasteiger partial charge in [-0.3, -0.25) is 24.3 Å². The fourth-order valence-electron chi connectivity index (χ4n) is 12.7. The number of benzene rings is 2. The molecule has 0 amide bonds. The fourth-order valence-corrected chi connectivity index (χ4v) is 12.7. The van der Waals surface area contributed by atoms with Crippen molar-refractivity contribution in [1.29, 1.82) is 0 Å². The van der Waals surface area contributed by atoms with E-state index >= 15 is 8.78 Å². The summed E-state index contributed by atoms with van der Waals surface area (Å²) in [6, 6.07) is 21.3. The highest BCUT2D eigenvalue weighted by Crippen LogP contribution is 2.63. The van der Waals surface area contributed by atoms with Crippen LogP contribution in [0.25, 0.3) is 55.0 Å². The Balaban J connectivity index is -0.0000000161. The molecule has 2 aromatic carbocycles. The molecule has 1 aliphatic heterocycles. The molecule has 8 atom stereocenters. The molecule has 0 unspecified atom stereocenters. The summed E-state index contributed by atoms with van der Waals surface area (Å²) in [4.78, 5) is 62.3. The van der Waals surface area contributed by atoms with Gasteiger partial charge in [0.2, 0.25) is 5.70 Å². The number of rotatable bonds is 6. The molecule has 6 aliphatic carbocycles. The lowest BCUT2D eigenvalue weighted by molar-refractivity contribution is -0.130. The number of hydrogen-bond donors (Lipinski definition) is 0. The van der Waals surface area contributed by atoms with Crippen molar-refractivity contribution in [3.05, 3.63) is 165 Å². The van der Waals surface area contributed by atoms with Crippen molar-refractivity contribution < 1.29 is 295 Å². The first kappa shape index (κ1) is 9.15. The second-order valence-electron chi connectivity index (χ2n) is 21.0. The SMILES string of the molecule is [3HH].[3H][3H].[3H][3H].[3H][3H].[3H][3H].[3H][3H].[3H][3H].[3H][3H].[3H][3H].[3H][3H].[3H][3H].[3H][3H].[3H][3H].[3H][3H].[3H][3H].[3H][3H].[3H][3H].[3H][3H].[3H][3H].[3H][3H].[3H][3H].[3H][3H].[3H][3H].[3H][3H].[3H][3H].[3H][3H].[3H][3H].[3H][3H].[3H][3H].[3H][3H].[3H][3H].[3H][3H].[3H][3H].[3H][3H].[3H][3H].[3H][3H].[3H][3H].[3H][3H].[3H][3H].[3H][3H].[3H][3H].[3H][3H].[3H][3H].[3H][3H].[3H][3H].[3H][3H].[3H][3H].[3H][3H].[3H][3H].[3H][3H].[3H][3H].[3H][3H].[3H][3H].[3H][3H].[3H][3H].[3H][3H].[3H][3H].[3H][3H].[3H][3H].[3H][3H].[3H][3H].[3H][3H].[3H][3H].[3H][3H].[3H][3H].[3H][3H].[3H][3H].[3H][3H].[3H][3H].[3H][3H].[3H][3H].[3H][3H].[3H][3H].[3H][3H].[3H][3H].[3H][3H].[3H][3H].[3H][3H].[3H][3H].[3H][3H].[3H][3H].[3H][3H].[3H][3H].[3H][3H].[3H][3H].[3H][3H].[3H][3H].[3H][3H].[3H][3H].[3H][3H].[3H][3H].[3H][3H].[C-]#[N+]C1=C[C@@]2(C)c3nc(-c4ccnc(C5CC5)c4)nc(-c4ccccc4F)c3CC[C@@H]2[C@@H](C)C1=O.[C-]#[N+][C@]12O[C@H]1[C@@]1(C)c3nc(-c4ccnc(C5CC5)c4)nc(-c4ccccc4F)c3CC[C@@H]1[C@@H](C)C2=O. The topological polar surface area (TPSA) is 133 Å². The van der Waals surface area contributed by atoms with Gasteiger partial charge in [0.25, 0.3) is 5.78 Å². The van der Waals surface area contributed by atoms with Crippen molar-refractivity contribution in [3.63, 3.8) is 0 Å². The van der Waals surface area contributed by atoms with Crippen LogP contribution < -0.4 is 0 Å². The first-order valence-electron chi connectivity index (χ1n) is 116. The summed E-state index contributed by atoms with van der Waals surface area (Å²) in [6.07, 6.45) is 12.1. The van der Waals surface area contributed by atoms with Crippen molar-refractivity contribution >= 4 is 11.6 Å². The molecule has 3 saturated carbocycles. The van der Waals surface area contributed by atoms with Crippen LogP contribution in [0.4, 0.5) is 8.78 Å². The van der Waals surface area contributed by atoms with Crippen LogP contribution in [0.15, 0.2) is 97.0 Å². The third-order valence-corrected chi connectivity index (χ3v) is 16.8. The molecule has 1 saturated heterocycles. The Morgan fingerprint density at radius 1 is 0.690 bits per heavy atom. The zero-order chi connectivity index (χ0) is 231. The van der Waals surface area contributed by atoms with E-state index in [1.807, 2.05) is 50.2 Å². The maximum Gasteiger partial charge on any atom is 0.424 e. The Morgan fingerprint density at radius 3 is 1.73 bits per heavy atom. The van der Waals surface area contributed by atoms with Crippen LogP contribution in [0.5, 0.6) is 0 Å². The number of pyridine rings is 2. The molecular formula is C58H234F2N8O3. The minimum Gasteiger partial charge on any atom is -0.308 e.